The molecule has 6 heteroatoms. The van der Waals surface area contributed by atoms with Crippen molar-refractivity contribution < 1.29 is 19.8 Å². The molecule has 0 aliphatic heterocycles. The molecule has 0 radical (unpaired) electrons. The number of hydrogen-bond acceptors (Lipinski definition) is 3. The van der Waals surface area contributed by atoms with Crippen LogP contribution in [0.15, 0.2) is 66.7 Å². The third-order valence-electron chi connectivity index (χ3n) is 4.52. The van der Waals surface area contributed by atoms with E-state index in [1.807, 2.05) is 48.5 Å². The molecule has 0 bridgehead atoms. The molecule has 3 rings (SSSR count). The van der Waals surface area contributed by atoms with E-state index in [0.29, 0.717) is 11.4 Å². The van der Waals surface area contributed by atoms with Gasteiger partial charge in [0.1, 0.15) is 0 Å². The molecule has 29 heavy (non-hydrogen) atoms. The minimum absolute atomic E-state index is 0.00364. The summed E-state index contributed by atoms with van der Waals surface area (Å²) in [6.45, 7) is 0.00561. The Hall–Kier alpha value is -3.15. The van der Waals surface area contributed by atoms with Gasteiger partial charge >= 0.3 is 5.97 Å². The summed E-state index contributed by atoms with van der Waals surface area (Å²) in [7, 11) is 0. The van der Waals surface area contributed by atoms with Crippen LogP contribution < -0.4 is 5.32 Å². The Balaban J connectivity index is 1.66. The lowest BCUT2D eigenvalue weighted by Crippen LogP contribution is -2.15. The van der Waals surface area contributed by atoms with Crippen molar-refractivity contribution in [3.63, 3.8) is 0 Å². The predicted octanol–water partition coefficient (Wildman–Crippen LogP) is 4.77. The van der Waals surface area contributed by atoms with Gasteiger partial charge < -0.3 is 15.5 Å². The number of aryl methyl sites for hydroxylation is 1. The molecule has 148 valence electrons. The second-order valence-corrected chi connectivity index (χ2v) is 7.04. The molecule has 0 unspecified atom stereocenters. The first-order valence-corrected chi connectivity index (χ1v) is 9.46. The van der Waals surface area contributed by atoms with Crippen LogP contribution in [0.5, 0.6) is 0 Å². The van der Waals surface area contributed by atoms with Crippen molar-refractivity contribution in [3.8, 4) is 11.1 Å². The number of aliphatic hydroxyl groups excluding tert-OH is 1. The molecule has 0 aromatic heterocycles. The number of hydrogen-bond donors (Lipinski definition) is 3. The average Bonchev–Trinajstić information content (AvgIpc) is 2.72. The SMILES string of the molecule is O=C(CCc1cccc(-c2ccc(CO)cc2)c1)Nc1cc(Cl)ccc1C(=O)O. The van der Waals surface area contributed by atoms with Crippen LogP contribution in [-0.4, -0.2) is 22.1 Å². The number of carbonyl (C=O) groups excluding carboxylic acids is 1. The van der Waals surface area contributed by atoms with Crippen LogP contribution in [0.3, 0.4) is 0 Å². The maximum absolute atomic E-state index is 12.3. The fourth-order valence-electron chi connectivity index (χ4n) is 2.99. The number of aromatic carboxylic acids is 1. The van der Waals surface area contributed by atoms with Gasteiger partial charge in [0.25, 0.3) is 0 Å². The van der Waals surface area contributed by atoms with E-state index < -0.39 is 5.97 Å². The van der Waals surface area contributed by atoms with Crippen molar-refractivity contribution in [2.45, 2.75) is 19.4 Å². The van der Waals surface area contributed by atoms with Gasteiger partial charge in [-0.05, 0) is 46.9 Å². The van der Waals surface area contributed by atoms with E-state index in [-0.39, 0.29) is 30.2 Å². The van der Waals surface area contributed by atoms with Gasteiger partial charge in [-0.15, -0.1) is 0 Å². The highest BCUT2D eigenvalue weighted by Crippen LogP contribution is 2.23. The molecule has 1 amide bonds. The summed E-state index contributed by atoms with van der Waals surface area (Å²) in [5.41, 5.74) is 4.08. The molecular weight excluding hydrogens is 390 g/mol. The molecule has 0 saturated carbocycles. The monoisotopic (exact) mass is 409 g/mol. The second kappa shape index (κ2) is 9.37. The van der Waals surface area contributed by atoms with Crippen LogP contribution in [0.2, 0.25) is 5.02 Å². The number of benzene rings is 3. The van der Waals surface area contributed by atoms with Gasteiger partial charge in [0.05, 0.1) is 17.9 Å². The smallest absolute Gasteiger partial charge is 0.337 e. The third-order valence-corrected chi connectivity index (χ3v) is 4.76. The lowest BCUT2D eigenvalue weighted by molar-refractivity contribution is -0.116. The Labute approximate surface area is 173 Å². The molecule has 0 aliphatic carbocycles. The van der Waals surface area contributed by atoms with Gasteiger partial charge in [0.2, 0.25) is 5.91 Å². The van der Waals surface area contributed by atoms with E-state index in [2.05, 4.69) is 5.32 Å². The number of anilines is 1. The Morgan fingerprint density at radius 2 is 1.66 bits per heavy atom. The van der Waals surface area contributed by atoms with E-state index in [1.54, 1.807) is 0 Å². The van der Waals surface area contributed by atoms with Gasteiger partial charge in [-0.2, -0.15) is 0 Å². The van der Waals surface area contributed by atoms with E-state index in [9.17, 15) is 14.7 Å². The summed E-state index contributed by atoms with van der Waals surface area (Å²) < 4.78 is 0. The van der Waals surface area contributed by atoms with Crippen molar-refractivity contribution in [1.29, 1.82) is 0 Å². The van der Waals surface area contributed by atoms with Crippen LogP contribution >= 0.6 is 11.6 Å². The van der Waals surface area contributed by atoms with Crippen LogP contribution in [0.4, 0.5) is 5.69 Å². The summed E-state index contributed by atoms with van der Waals surface area (Å²) in [6.07, 6.45) is 0.718. The largest absolute Gasteiger partial charge is 0.478 e. The maximum Gasteiger partial charge on any atom is 0.337 e. The summed E-state index contributed by atoms with van der Waals surface area (Å²) in [5, 5.41) is 21.4. The minimum Gasteiger partial charge on any atom is -0.478 e. The number of amides is 1. The first kappa shape index (κ1) is 20.6. The van der Waals surface area contributed by atoms with E-state index in [4.69, 9.17) is 16.7 Å². The van der Waals surface area contributed by atoms with E-state index >= 15 is 0 Å². The highest BCUT2D eigenvalue weighted by atomic mass is 35.5. The van der Waals surface area contributed by atoms with Crippen molar-refractivity contribution in [3.05, 3.63) is 88.4 Å². The number of carboxylic acids is 1. The maximum atomic E-state index is 12.3. The molecule has 3 N–H and O–H groups in total. The van der Waals surface area contributed by atoms with E-state index in [1.165, 1.54) is 18.2 Å². The Bertz CT molecular complexity index is 1030. The number of rotatable bonds is 7. The molecule has 0 fully saturated rings. The van der Waals surface area contributed by atoms with Gasteiger partial charge in [-0.25, -0.2) is 4.79 Å². The summed E-state index contributed by atoms with van der Waals surface area (Å²) >= 11 is 5.91. The molecular formula is C23H20ClNO4. The highest BCUT2D eigenvalue weighted by molar-refractivity contribution is 6.31. The lowest BCUT2D eigenvalue weighted by atomic mass is 10.00. The molecule has 0 heterocycles. The number of halogens is 1. The highest BCUT2D eigenvalue weighted by Gasteiger charge is 2.13. The fourth-order valence-corrected chi connectivity index (χ4v) is 3.16. The van der Waals surface area contributed by atoms with Crippen molar-refractivity contribution in [2.75, 3.05) is 5.32 Å². The fraction of sp³-hybridized carbons (Fsp3) is 0.130. The summed E-state index contributed by atoms with van der Waals surface area (Å²) in [6, 6.07) is 19.8. The van der Waals surface area contributed by atoms with Crippen LogP contribution in [0.1, 0.15) is 27.9 Å². The number of carboxylic acid groups (broad SMARTS) is 1. The molecule has 3 aromatic carbocycles. The number of carbonyl (C=O) groups is 2. The van der Waals surface area contributed by atoms with Crippen molar-refractivity contribution in [2.24, 2.45) is 0 Å². The van der Waals surface area contributed by atoms with E-state index in [0.717, 1.165) is 22.3 Å². The first-order valence-electron chi connectivity index (χ1n) is 9.08. The predicted molar refractivity (Wildman–Crippen MR) is 113 cm³/mol. The van der Waals surface area contributed by atoms with Crippen LogP contribution in [-0.2, 0) is 17.8 Å². The normalized spacial score (nSPS) is 10.6. The lowest BCUT2D eigenvalue weighted by Gasteiger charge is -2.10. The number of aliphatic hydroxyl groups is 1. The second-order valence-electron chi connectivity index (χ2n) is 6.60. The standard InChI is InChI=1S/C23H20ClNO4/c24-19-9-10-20(23(28)29)21(13-19)25-22(27)11-6-15-2-1-3-18(12-15)17-7-4-16(14-26)5-8-17/h1-5,7-10,12-13,26H,6,11,14H2,(H,25,27)(H,28,29). The minimum atomic E-state index is -1.13. The van der Waals surface area contributed by atoms with Gasteiger partial charge in [-0.3, -0.25) is 4.79 Å². The molecule has 0 spiro atoms. The third kappa shape index (κ3) is 5.44. The van der Waals surface area contributed by atoms with Gasteiger partial charge in [0, 0.05) is 11.4 Å². The Morgan fingerprint density at radius 3 is 2.34 bits per heavy atom. The zero-order valence-corrected chi connectivity index (χ0v) is 16.3. The number of nitrogens with one attached hydrogen (secondary N) is 1. The van der Waals surface area contributed by atoms with Gasteiger partial charge in [0.15, 0.2) is 0 Å². The zero-order valence-electron chi connectivity index (χ0n) is 15.6. The topological polar surface area (TPSA) is 86.6 Å². The zero-order chi connectivity index (χ0) is 20.8. The van der Waals surface area contributed by atoms with Crippen molar-refractivity contribution in [1.82, 2.24) is 0 Å². The Kier molecular flexibility index (Phi) is 6.65. The molecule has 3 aromatic rings. The summed E-state index contributed by atoms with van der Waals surface area (Å²) in [4.78, 5) is 23.6. The average molecular weight is 410 g/mol. The molecule has 0 atom stereocenters. The molecule has 5 nitrogen and oxygen atoms in total. The van der Waals surface area contributed by atoms with Crippen LogP contribution in [0.25, 0.3) is 11.1 Å². The molecule has 0 aliphatic rings. The van der Waals surface area contributed by atoms with Gasteiger partial charge in [-0.1, -0.05) is 60.1 Å². The summed E-state index contributed by atoms with van der Waals surface area (Å²) in [5.74, 6) is -1.41. The van der Waals surface area contributed by atoms with Crippen molar-refractivity contribution >= 4 is 29.2 Å². The van der Waals surface area contributed by atoms with Crippen LogP contribution in [0, 0.1) is 0 Å². The first-order chi connectivity index (χ1) is 14.0. The Morgan fingerprint density at radius 1 is 0.897 bits per heavy atom. The quantitative estimate of drug-likeness (QED) is 0.524. The molecule has 0 saturated heterocycles.